The topological polar surface area (TPSA) is 63.3 Å². The van der Waals surface area contributed by atoms with Crippen molar-refractivity contribution in [3.05, 3.63) is 35.9 Å². The van der Waals surface area contributed by atoms with Crippen LogP contribution in [0.25, 0.3) is 0 Å². The van der Waals surface area contributed by atoms with Crippen molar-refractivity contribution in [1.82, 2.24) is 0 Å². The minimum Gasteiger partial charge on any atom is -0.480 e. The van der Waals surface area contributed by atoms with Gasteiger partial charge in [-0.25, -0.2) is 0 Å². The van der Waals surface area contributed by atoms with Gasteiger partial charge in [0, 0.05) is 0 Å². The zero-order chi connectivity index (χ0) is 8.97. The summed E-state index contributed by atoms with van der Waals surface area (Å²) in [4.78, 5) is 10.4. The monoisotopic (exact) mass is 199 g/mol. The summed E-state index contributed by atoms with van der Waals surface area (Å²) in [6.45, 7) is 0. The highest BCUT2D eigenvalue weighted by Gasteiger charge is 2.10. The van der Waals surface area contributed by atoms with Gasteiger partial charge in [0.25, 0.3) is 0 Å². The van der Waals surface area contributed by atoms with Crippen LogP contribution in [-0.2, 0) is 11.2 Å². The molecular weight excluding hydrogens is 185 g/mol. The second-order valence-electron chi connectivity index (χ2n) is 2.63. The predicted molar refractivity (Wildman–Crippen MR) is 56.9 cm³/mol. The van der Waals surface area contributed by atoms with Crippen molar-refractivity contribution in [3.8, 4) is 0 Å². The lowest BCUT2D eigenvalue weighted by Gasteiger charge is -2.04. The molecule has 1 aromatic carbocycles. The molecule has 3 N–H and O–H groups in total. The molecular formula is C9H14NO2P. The van der Waals surface area contributed by atoms with Crippen LogP contribution in [0.3, 0.4) is 0 Å². The van der Waals surface area contributed by atoms with Gasteiger partial charge in [-0.05, 0) is 12.0 Å². The number of hydrogen-bond acceptors (Lipinski definition) is 2. The van der Waals surface area contributed by atoms with Gasteiger partial charge in [0.1, 0.15) is 6.04 Å². The van der Waals surface area contributed by atoms with Crippen molar-refractivity contribution in [2.24, 2.45) is 5.73 Å². The highest BCUT2D eigenvalue weighted by atomic mass is 31.0. The van der Waals surface area contributed by atoms with Crippen LogP contribution in [0, 0.1) is 0 Å². The number of carboxylic acids is 1. The number of benzene rings is 1. The molecule has 4 heteroatoms. The molecule has 0 fully saturated rings. The number of hydrogen-bond donors (Lipinski definition) is 2. The molecule has 0 radical (unpaired) electrons. The SMILES string of the molecule is N[C@H](Cc1ccccc1)C(=O)O.P. The van der Waals surface area contributed by atoms with Crippen LogP contribution in [0.1, 0.15) is 5.56 Å². The van der Waals surface area contributed by atoms with E-state index in [0.717, 1.165) is 5.56 Å². The normalized spacial score (nSPS) is 11.5. The summed E-state index contributed by atoms with van der Waals surface area (Å²) in [5, 5.41) is 8.52. The van der Waals surface area contributed by atoms with E-state index in [2.05, 4.69) is 0 Å². The molecule has 13 heavy (non-hydrogen) atoms. The van der Waals surface area contributed by atoms with Crippen LogP contribution in [0.2, 0.25) is 0 Å². The van der Waals surface area contributed by atoms with Gasteiger partial charge < -0.3 is 10.8 Å². The summed E-state index contributed by atoms with van der Waals surface area (Å²) >= 11 is 0. The zero-order valence-corrected chi connectivity index (χ0v) is 8.73. The van der Waals surface area contributed by atoms with Crippen molar-refractivity contribution in [2.45, 2.75) is 12.5 Å². The van der Waals surface area contributed by atoms with Crippen LogP contribution in [-0.4, -0.2) is 17.1 Å². The third-order valence-corrected chi connectivity index (χ3v) is 1.62. The Hall–Kier alpha value is -0.920. The third-order valence-electron chi connectivity index (χ3n) is 1.62. The first kappa shape index (κ1) is 12.1. The quantitative estimate of drug-likeness (QED) is 0.704. The van der Waals surface area contributed by atoms with Crippen molar-refractivity contribution < 1.29 is 9.90 Å². The summed E-state index contributed by atoms with van der Waals surface area (Å²) in [6.07, 6.45) is 0.385. The van der Waals surface area contributed by atoms with Crippen LogP contribution in [0.4, 0.5) is 0 Å². The van der Waals surface area contributed by atoms with Crippen LogP contribution >= 0.6 is 9.90 Å². The summed E-state index contributed by atoms with van der Waals surface area (Å²) in [5.74, 6) is -0.959. The van der Waals surface area contributed by atoms with Crippen LogP contribution < -0.4 is 5.73 Å². The van der Waals surface area contributed by atoms with E-state index in [1.165, 1.54) is 0 Å². The number of rotatable bonds is 3. The maximum absolute atomic E-state index is 10.4. The lowest BCUT2D eigenvalue weighted by atomic mass is 10.1. The average Bonchev–Trinajstić information content (AvgIpc) is 2.06. The van der Waals surface area contributed by atoms with E-state index in [4.69, 9.17) is 10.8 Å². The van der Waals surface area contributed by atoms with Gasteiger partial charge in [0.2, 0.25) is 0 Å². The maximum atomic E-state index is 10.4. The molecule has 1 unspecified atom stereocenters. The lowest BCUT2D eigenvalue weighted by molar-refractivity contribution is -0.138. The first-order valence-electron chi connectivity index (χ1n) is 3.72. The van der Waals surface area contributed by atoms with E-state index in [-0.39, 0.29) is 9.90 Å². The second-order valence-corrected chi connectivity index (χ2v) is 2.63. The van der Waals surface area contributed by atoms with E-state index >= 15 is 0 Å². The predicted octanol–water partition coefficient (Wildman–Crippen LogP) is 0.699. The molecule has 72 valence electrons. The number of aliphatic carboxylic acids is 1. The van der Waals surface area contributed by atoms with Gasteiger partial charge in [0.05, 0.1) is 0 Å². The van der Waals surface area contributed by atoms with Crippen molar-refractivity contribution >= 4 is 15.9 Å². The Balaban J connectivity index is 0.00000144. The van der Waals surface area contributed by atoms with E-state index in [9.17, 15) is 4.79 Å². The highest BCUT2D eigenvalue weighted by molar-refractivity contribution is 6.92. The molecule has 0 aliphatic rings. The van der Waals surface area contributed by atoms with Gasteiger partial charge in [-0.3, -0.25) is 4.79 Å². The number of carboxylic acid groups (broad SMARTS) is 1. The third kappa shape index (κ3) is 4.02. The fourth-order valence-corrected chi connectivity index (χ4v) is 0.955. The second kappa shape index (κ2) is 5.68. The molecule has 2 atom stereocenters. The van der Waals surface area contributed by atoms with Gasteiger partial charge in [0.15, 0.2) is 0 Å². The van der Waals surface area contributed by atoms with E-state index in [0.29, 0.717) is 6.42 Å². The Morgan fingerprint density at radius 3 is 2.38 bits per heavy atom. The zero-order valence-electron chi connectivity index (χ0n) is 7.31. The molecule has 1 rings (SSSR count). The number of nitrogens with two attached hydrogens (primary N) is 1. The van der Waals surface area contributed by atoms with Gasteiger partial charge >= 0.3 is 5.97 Å². The highest BCUT2D eigenvalue weighted by Crippen LogP contribution is 2.01. The fraction of sp³-hybridized carbons (Fsp3) is 0.222. The standard InChI is InChI=1S/C9H11NO2.H3P/c10-8(9(11)12)6-7-4-2-1-3-5-7;/h1-5,8H,6,10H2,(H,11,12);1H3/t8-;/m1./s1. The Labute approximate surface area is 80.6 Å². The first-order chi connectivity index (χ1) is 5.70. The summed E-state index contributed by atoms with van der Waals surface area (Å²) < 4.78 is 0. The molecule has 0 aromatic heterocycles. The number of carbonyl (C=O) groups is 1. The minimum atomic E-state index is -0.959. The molecule has 0 saturated heterocycles. The van der Waals surface area contributed by atoms with E-state index < -0.39 is 12.0 Å². The van der Waals surface area contributed by atoms with Crippen LogP contribution in [0.15, 0.2) is 30.3 Å². The molecule has 0 amide bonds. The summed E-state index contributed by atoms with van der Waals surface area (Å²) in [6, 6.07) is 8.54. The summed E-state index contributed by atoms with van der Waals surface area (Å²) in [7, 11) is 0. The lowest BCUT2D eigenvalue weighted by Crippen LogP contribution is -2.32. The van der Waals surface area contributed by atoms with Gasteiger partial charge in [-0.1, -0.05) is 30.3 Å². The fourth-order valence-electron chi connectivity index (χ4n) is 0.955. The molecule has 0 saturated carbocycles. The molecule has 0 aliphatic carbocycles. The molecule has 0 bridgehead atoms. The van der Waals surface area contributed by atoms with E-state index in [1.807, 2.05) is 30.3 Å². The average molecular weight is 199 g/mol. The Kier molecular flexibility index (Phi) is 5.28. The first-order valence-corrected chi connectivity index (χ1v) is 3.72. The van der Waals surface area contributed by atoms with Gasteiger partial charge in [-0.15, -0.1) is 0 Å². The Morgan fingerprint density at radius 2 is 1.92 bits per heavy atom. The van der Waals surface area contributed by atoms with E-state index in [1.54, 1.807) is 0 Å². The Morgan fingerprint density at radius 1 is 1.38 bits per heavy atom. The minimum absolute atomic E-state index is 0. The van der Waals surface area contributed by atoms with Gasteiger partial charge in [-0.2, -0.15) is 9.90 Å². The maximum Gasteiger partial charge on any atom is 0.320 e. The van der Waals surface area contributed by atoms with Crippen molar-refractivity contribution in [1.29, 1.82) is 0 Å². The summed E-state index contributed by atoms with van der Waals surface area (Å²) in [5.41, 5.74) is 6.30. The molecule has 0 aliphatic heterocycles. The molecule has 3 nitrogen and oxygen atoms in total. The molecule has 0 spiro atoms. The van der Waals surface area contributed by atoms with Crippen molar-refractivity contribution in [3.63, 3.8) is 0 Å². The van der Waals surface area contributed by atoms with Crippen molar-refractivity contribution in [2.75, 3.05) is 0 Å². The van der Waals surface area contributed by atoms with Crippen LogP contribution in [0.5, 0.6) is 0 Å². The largest absolute Gasteiger partial charge is 0.480 e. The smallest absolute Gasteiger partial charge is 0.320 e. The Bertz CT molecular complexity index is 264. The molecule has 0 heterocycles. The molecule has 1 aromatic rings.